The Morgan fingerprint density at radius 1 is 1.18 bits per heavy atom. The highest BCUT2D eigenvalue weighted by Crippen LogP contribution is 2.63. The van der Waals surface area contributed by atoms with Gasteiger partial charge in [0, 0.05) is 24.4 Å². The van der Waals surface area contributed by atoms with Crippen LogP contribution in [-0.2, 0) is 11.2 Å². The number of nitrogens with two attached hydrogens (primary N) is 2. The molecule has 248 valence electrons. The summed E-state index contributed by atoms with van der Waals surface area (Å²) in [6.07, 6.45) is 11.4. The number of carbonyl (C=O) groups is 1. The number of hydrogen-bond donors (Lipinski definition) is 6. The highest BCUT2D eigenvalue weighted by molar-refractivity contribution is 5.97. The Hall–Kier alpha value is -2.65. The van der Waals surface area contributed by atoms with Crippen LogP contribution >= 0.6 is 0 Å². The second kappa shape index (κ2) is 16.3. The quantitative estimate of drug-likeness (QED) is 0.0696. The molecule has 1 spiro atoms. The highest BCUT2D eigenvalue weighted by atomic mass is 16.3. The largest absolute Gasteiger partial charge is 0.396 e. The van der Waals surface area contributed by atoms with E-state index in [4.69, 9.17) is 11.5 Å². The van der Waals surface area contributed by atoms with Gasteiger partial charge in [0.05, 0.1) is 24.5 Å². The Balaban J connectivity index is 1.94. The van der Waals surface area contributed by atoms with Gasteiger partial charge in [0.25, 0.3) is 0 Å². The van der Waals surface area contributed by atoms with Gasteiger partial charge in [-0.25, -0.2) is 0 Å². The van der Waals surface area contributed by atoms with Crippen LogP contribution in [0.2, 0.25) is 0 Å². The third-order valence-corrected chi connectivity index (χ3v) is 10.3. The topological polar surface area (TPSA) is 150 Å². The van der Waals surface area contributed by atoms with E-state index in [-0.39, 0.29) is 37.3 Å². The summed E-state index contributed by atoms with van der Waals surface area (Å²) in [5.74, 6) is -0.667. The zero-order chi connectivity index (χ0) is 33.4. The molecule has 2 aliphatic carbocycles. The molecule has 1 aromatic carbocycles. The minimum absolute atomic E-state index is 0.0200. The van der Waals surface area contributed by atoms with Crippen molar-refractivity contribution in [1.29, 1.82) is 0 Å². The van der Waals surface area contributed by atoms with Crippen LogP contribution in [0, 0.1) is 17.3 Å². The summed E-state index contributed by atoms with van der Waals surface area (Å²) in [7, 11) is 0. The molecule has 7 heteroatoms. The van der Waals surface area contributed by atoms with Crippen molar-refractivity contribution >= 4 is 5.78 Å². The number of aliphatic hydroxyl groups is 4. The van der Waals surface area contributed by atoms with Crippen molar-refractivity contribution in [2.24, 2.45) is 28.7 Å². The predicted octanol–water partition coefficient (Wildman–Crippen LogP) is 5.50. The standard InChI is InChI=1S/C38H56N2O5/c1-25(2)10-6-11-26(3)12-7-15-30(24-42)32-18-20-38(35(32)44)33(16-9-21-41)31(17-19-37(38,5)45)27(4)34(43)23-28-13-8-14-29(22-28)36(39)40/h7-8,10,12-15,22,32-33,35-36,41-42,44-45H,3,6,9,11,16-21,23-24,39-40H2,1-2,4-5H3/t32-,33+,35+,37+,38+/m0/s1. The van der Waals surface area contributed by atoms with Gasteiger partial charge in [-0.1, -0.05) is 71.9 Å². The first kappa shape index (κ1) is 36.8. The number of carbonyl (C=O) groups excluding carboxylic acids is 1. The van der Waals surface area contributed by atoms with Crippen LogP contribution in [0.3, 0.4) is 0 Å². The van der Waals surface area contributed by atoms with Gasteiger partial charge in [-0.3, -0.25) is 4.79 Å². The van der Waals surface area contributed by atoms with Crippen LogP contribution in [0.15, 0.2) is 83.0 Å². The molecule has 0 radical (unpaired) electrons. The second-order valence-electron chi connectivity index (χ2n) is 13.6. The molecule has 0 aliphatic heterocycles. The Morgan fingerprint density at radius 2 is 1.91 bits per heavy atom. The first-order valence-electron chi connectivity index (χ1n) is 16.4. The fourth-order valence-electron chi connectivity index (χ4n) is 7.70. The number of Topliss-reactive ketones (excluding diaryl/α,β-unsaturated/α-hetero) is 1. The molecule has 3 rings (SSSR count). The fraction of sp³-hybridized carbons (Fsp3) is 0.553. The molecule has 2 fully saturated rings. The smallest absolute Gasteiger partial charge is 0.162 e. The highest BCUT2D eigenvalue weighted by Gasteiger charge is 2.64. The molecular formula is C38H56N2O5. The van der Waals surface area contributed by atoms with Crippen LogP contribution in [0.5, 0.6) is 0 Å². The maximum Gasteiger partial charge on any atom is 0.162 e. The molecule has 8 N–H and O–H groups in total. The predicted molar refractivity (Wildman–Crippen MR) is 182 cm³/mol. The maximum atomic E-state index is 13.7. The molecule has 5 atom stereocenters. The first-order chi connectivity index (χ1) is 21.3. The van der Waals surface area contributed by atoms with E-state index in [1.807, 2.05) is 49.4 Å². The Kier molecular flexibility index (Phi) is 13.3. The van der Waals surface area contributed by atoms with Crippen molar-refractivity contribution in [2.75, 3.05) is 13.2 Å². The summed E-state index contributed by atoms with van der Waals surface area (Å²) in [6, 6.07) is 7.44. The van der Waals surface area contributed by atoms with Gasteiger partial charge < -0.3 is 31.9 Å². The van der Waals surface area contributed by atoms with E-state index in [9.17, 15) is 25.2 Å². The van der Waals surface area contributed by atoms with Crippen LogP contribution < -0.4 is 11.5 Å². The third-order valence-electron chi connectivity index (χ3n) is 10.3. The van der Waals surface area contributed by atoms with Gasteiger partial charge >= 0.3 is 0 Å². The zero-order valence-electron chi connectivity index (χ0n) is 27.8. The SMILES string of the molecule is C=C(C=CC=C(CO)[C@@H]1CC[C@@]2([C@H](CCCO)C(=C(C)C(=O)Cc3cccc(C(N)N)c3)CC[C@@]2(C)O)[C@@H]1O)CCC=C(C)C. The van der Waals surface area contributed by atoms with Crippen molar-refractivity contribution in [1.82, 2.24) is 0 Å². The lowest BCUT2D eigenvalue weighted by Crippen LogP contribution is -2.59. The van der Waals surface area contributed by atoms with Gasteiger partial charge in [-0.2, -0.15) is 0 Å². The van der Waals surface area contributed by atoms with Crippen molar-refractivity contribution in [2.45, 2.75) is 103 Å². The van der Waals surface area contributed by atoms with Crippen LogP contribution in [0.1, 0.15) is 96.4 Å². The number of ketones is 1. The first-order valence-corrected chi connectivity index (χ1v) is 16.4. The summed E-state index contributed by atoms with van der Waals surface area (Å²) < 4.78 is 0. The van der Waals surface area contributed by atoms with E-state index < -0.39 is 23.3 Å². The van der Waals surface area contributed by atoms with E-state index in [1.165, 1.54) is 5.57 Å². The molecule has 0 unspecified atom stereocenters. The summed E-state index contributed by atoms with van der Waals surface area (Å²) >= 11 is 0. The molecule has 0 heterocycles. The molecule has 0 aromatic heterocycles. The fourth-order valence-corrected chi connectivity index (χ4v) is 7.70. The minimum atomic E-state index is -1.20. The lowest BCUT2D eigenvalue weighted by molar-refractivity contribution is -0.167. The summed E-state index contributed by atoms with van der Waals surface area (Å²) in [6.45, 7) is 11.7. The van der Waals surface area contributed by atoms with E-state index >= 15 is 0 Å². The van der Waals surface area contributed by atoms with Crippen molar-refractivity contribution in [3.05, 3.63) is 94.1 Å². The maximum absolute atomic E-state index is 13.7. The number of benzene rings is 1. The summed E-state index contributed by atoms with van der Waals surface area (Å²) in [5.41, 5.74) is 15.7. The Bertz CT molecular complexity index is 1320. The van der Waals surface area contributed by atoms with E-state index in [1.54, 1.807) is 6.92 Å². The molecule has 2 saturated carbocycles. The van der Waals surface area contributed by atoms with Gasteiger partial charge in [-0.05, 0) is 107 Å². The summed E-state index contributed by atoms with van der Waals surface area (Å²) in [4.78, 5) is 13.7. The molecule has 1 aromatic rings. The summed E-state index contributed by atoms with van der Waals surface area (Å²) in [5, 5.41) is 44.4. The van der Waals surface area contributed by atoms with Crippen molar-refractivity contribution in [3.63, 3.8) is 0 Å². The number of aliphatic hydroxyl groups excluding tert-OH is 3. The molecule has 0 amide bonds. The van der Waals surface area contributed by atoms with E-state index in [0.717, 1.165) is 35.1 Å². The van der Waals surface area contributed by atoms with Gasteiger partial charge in [0.1, 0.15) is 0 Å². The monoisotopic (exact) mass is 620 g/mol. The molecule has 0 bridgehead atoms. The van der Waals surface area contributed by atoms with Gasteiger partial charge in [-0.15, -0.1) is 0 Å². The molecule has 45 heavy (non-hydrogen) atoms. The average Bonchev–Trinajstić information content (AvgIpc) is 3.33. The minimum Gasteiger partial charge on any atom is -0.396 e. The molecular weight excluding hydrogens is 564 g/mol. The zero-order valence-corrected chi connectivity index (χ0v) is 27.8. The van der Waals surface area contributed by atoms with Crippen LogP contribution in [0.25, 0.3) is 0 Å². The van der Waals surface area contributed by atoms with E-state index in [2.05, 4.69) is 26.5 Å². The van der Waals surface area contributed by atoms with Crippen molar-refractivity contribution < 1.29 is 25.2 Å². The second-order valence-corrected chi connectivity index (χ2v) is 13.6. The number of hydrogen-bond acceptors (Lipinski definition) is 7. The third kappa shape index (κ3) is 8.59. The number of allylic oxidation sites excluding steroid dienone is 8. The number of rotatable bonds is 14. The molecule has 7 nitrogen and oxygen atoms in total. The van der Waals surface area contributed by atoms with E-state index in [0.29, 0.717) is 49.7 Å². The lowest BCUT2D eigenvalue weighted by atomic mass is 9.52. The molecule has 0 saturated heterocycles. The molecule has 2 aliphatic rings. The normalized spacial score (nSPS) is 28.2. The van der Waals surface area contributed by atoms with Crippen molar-refractivity contribution in [3.8, 4) is 0 Å². The Morgan fingerprint density at radius 3 is 2.56 bits per heavy atom. The van der Waals surface area contributed by atoms with Crippen LogP contribution in [0.4, 0.5) is 0 Å². The Labute approximate surface area is 270 Å². The lowest BCUT2D eigenvalue weighted by Gasteiger charge is -2.55. The average molecular weight is 621 g/mol. The van der Waals surface area contributed by atoms with Gasteiger partial charge in [0.2, 0.25) is 0 Å². The van der Waals surface area contributed by atoms with Crippen LogP contribution in [-0.4, -0.2) is 51.1 Å². The van der Waals surface area contributed by atoms with Gasteiger partial charge in [0.15, 0.2) is 5.78 Å².